The average molecular weight is 358 g/mol. The van der Waals surface area contributed by atoms with Crippen LogP contribution in [0.15, 0.2) is 24.4 Å². The van der Waals surface area contributed by atoms with E-state index in [1.165, 1.54) is 18.3 Å². The Kier molecular flexibility index (Phi) is 4.74. The molecule has 138 valence electrons. The van der Waals surface area contributed by atoms with Crippen LogP contribution in [0, 0.1) is 5.82 Å². The number of fused-ring (bicyclic) bond motifs is 4. The van der Waals surface area contributed by atoms with Crippen LogP contribution in [0.25, 0.3) is 10.9 Å². The molecule has 1 aromatic carbocycles. The van der Waals surface area contributed by atoms with E-state index >= 15 is 0 Å². The van der Waals surface area contributed by atoms with Crippen molar-refractivity contribution < 1.29 is 13.9 Å². The molecule has 0 spiro atoms. The number of hydrogen-bond donors (Lipinski definition) is 1. The van der Waals surface area contributed by atoms with Crippen LogP contribution in [-0.4, -0.2) is 72.7 Å². The maximum atomic E-state index is 13.8. The van der Waals surface area contributed by atoms with Gasteiger partial charge in [-0.05, 0) is 25.1 Å². The van der Waals surface area contributed by atoms with Gasteiger partial charge >= 0.3 is 5.97 Å². The van der Waals surface area contributed by atoms with Crippen molar-refractivity contribution >= 4 is 22.6 Å². The van der Waals surface area contributed by atoms with E-state index in [2.05, 4.69) is 20.1 Å². The van der Waals surface area contributed by atoms with Crippen LogP contribution in [0.4, 0.5) is 10.1 Å². The quantitative estimate of drug-likeness (QED) is 0.825. The second-order valence-corrected chi connectivity index (χ2v) is 6.80. The topological polar surface area (TPSA) is 57.7 Å². The number of aromatic nitrogens is 1. The predicted octanol–water partition coefficient (Wildman–Crippen LogP) is 1.96. The third-order valence-electron chi connectivity index (χ3n) is 5.23. The van der Waals surface area contributed by atoms with E-state index in [1.807, 2.05) is 0 Å². The third kappa shape index (κ3) is 3.24. The van der Waals surface area contributed by atoms with Crippen LogP contribution < -0.4 is 5.32 Å². The summed E-state index contributed by atoms with van der Waals surface area (Å²) in [6.45, 7) is 8.13. The largest absolute Gasteiger partial charge is 0.462 e. The molecule has 2 bridgehead atoms. The highest BCUT2D eigenvalue weighted by Gasteiger charge is 2.31. The Morgan fingerprint density at radius 1 is 1.35 bits per heavy atom. The minimum absolute atomic E-state index is 0.283. The van der Waals surface area contributed by atoms with Crippen LogP contribution >= 0.6 is 0 Å². The van der Waals surface area contributed by atoms with Crippen molar-refractivity contribution in [3.05, 3.63) is 35.8 Å². The number of rotatable bonds is 5. The first-order chi connectivity index (χ1) is 12.7. The number of carbonyl (C=O) groups is 1. The van der Waals surface area contributed by atoms with Crippen molar-refractivity contribution in [3.8, 4) is 0 Å². The maximum absolute atomic E-state index is 13.8. The number of nitrogens with one attached hydrogen (secondary N) is 1. The molecule has 5 rings (SSSR count). The number of nitrogens with zero attached hydrogens (tertiary/aromatic N) is 3. The number of carbonyl (C=O) groups excluding carboxylic acids is 1. The molecule has 0 radical (unpaired) electrons. The fourth-order valence-corrected chi connectivity index (χ4v) is 3.86. The van der Waals surface area contributed by atoms with E-state index in [9.17, 15) is 9.18 Å². The minimum atomic E-state index is -0.442. The number of halogens is 1. The lowest BCUT2D eigenvalue weighted by molar-refractivity contribution is 0.0189. The number of hydrogen-bond acceptors (Lipinski definition) is 6. The molecule has 1 unspecified atom stereocenters. The molecule has 26 heavy (non-hydrogen) atoms. The van der Waals surface area contributed by atoms with E-state index in [0.717, 1.165) is 32.7 Å². The molecule has 6 nitrogen and oxygen atoms in total. The predicted molar refractivity (Wildman–Crippen MR) is 97.9 cm³/mol. The summed E-state index contributed by atoms with van der Waals surface area (Å²) in [7, 11) is 0. The highest BCUT2D eigenvalue weighted by molar-refractivity contribution is 6.04. The second kappa shape index (κ2) is 7.17. The van der Waals surface area contributed by atoms with Gasteiger partial charge in [0.2, 0.25) is 0 Å². The normalized spacial score (nSPS) is 24.6. The maximum Gasteiger partial charge on any atom is 0.341 e. The average Bonchev–Trinajstić information content (AvgIpc) is 2.67. The molecule has 3 aliphatic heterocycles. The Balaban J connectivity index is 1.65. The zero-order valence-electron chi connectivity index (χ0n) is 14.9. The molecule has 2 aromatic rings. The summed E-state index contributed by atoms with van der Waals surface area (Å²) in [5, 5.41) is 4.01. The first kappa shape index (κ1) is 17.2. The van der Waals surface area contributed by atoms with Gasteiger partial charge in [0.15, 0.2) is 0 Å². The zero-order valence-corrected chi connectivity index (χ0v) is 14.9. The van der Waals surface area contributed by atoms with Gasteiger partial charge in [-0.1, -0.05) is 0 Å². The number of esters is 1. The number of piperazine rings is 3. The summed E-state index contributed by atoms with van der Waals surface area (Å²) in [6.07, 6.45) is 1.51. The summed E-state index contributed by atoms with van der Waals surface area (Å²) in [5.74, 6) is -0.794. The Morgan fingerprint density at radius 3 is 2.85 bits per heavy atom. The molecule has 1 aromatic heterocycles. The van der Waals surface area contributed by atoms with Crippen molar-refractivity contribution in [1.29, 1.82) is 0 Å². The SMILES string of the molecule is CCOC(=O)c1cnc2ccc(F)cc2c1NCC1CN2CCN1CC2. The van der Waals surface area contributed by atoms with E-state index in [1.54, 1.807) is 13.0 Å². The number of ether oxygens (including phenoxy) is 1. The molecule has 1 atom stereocenters. The van der Waals surface area contributed by atoms with Crippen LogP contribution in [0.3, 0.4) is 0 Å². The summed E-state index contributed by atoms with van der Waals surface area (Å²) in [5.41, 5.74) is 1.60. The molecule has 7 heteroatoms. The molecule has 3 fully saturated rings. The Labute approximate surface area is 151 Å². The molecule has 3 saturated heterocycles. The van der Waals surface area contributed by atoms with E-state index in [0.29, 0.717) is 34.7 Å². The Hall–Kier alpha value is -2.25. The first-order valence-corrected chi connectivity index (χ1v) is 9.11. The molecule has 4 heterocycles. The zero-order chi connectivity index (χ0) is 18.1. The highest BCUT2D eigenvalue weighted by atomic mass is 19.1. The Bertz CT molecular complexity index is 821. The minimum Gasteiger partial charge on any atom is -0.462 e. The molecule has 3 aliphatic rings. The van der Waals surface area contributed by atoms with Crippen molar-refractivity contribution in [3.63, 3.8) is 0 Å². The van der Waals surface area contributed by atoms with Crippen LogP contribution in [0.5, 0.6) is 0 Å². The van der Waals surface area contributed by atoms with Gasteiger partial charge in [0.1, 0.15) is 11.4 Å². The Morgan fingerprint density at radius 2 is 2.15 bits per heavy atom. The molecular weight excluding hydrogens is 335 g/mol. The van der Waals surface area contributed by atoms with Crippen LogP contribution in [-0.2, 0) is 4.74 Å². The number of anilines is 1. The van der Waals surface area contributed by atoms with Crippen molar-refractivity contribution in [1.82, 2.24) is 14.8 Å². The molecule has 0 amide bonds. The summed E-state index contributed by atoms with van der Waals surface area (Å²) >= 11 is 0. The van der Waals surface area contributed by atoms with Gasteiger partial charge in [-0.15, -0.1) is 0 Å². The third-order valence-corrected chi connectivity index (χ3v) is 5.23. The van der Waals surface area contributed by atoms with Gasteiger partial charge in [0, 0.05) is 56.9 Å². The van der Waals surface area contributed by atoms with Gasteiger partial charge in [-0.3, -0.25) is 14.8 Å². The van der Waals surface area contributed by atoms with Gasteiger partial charge in [-0.2, -0.15) is 0 Å². The van der Waals surface area contributed by atoms with Gasteiger partial charge in [-0.25, -0.2) is 9.18 Å². The highest BCUT2D eigenvalue weighted by Crippen LogP contribution is 2.28. The fourth-order valence-electron chi connectivity index (χ4n) is 3.86. The number of benzene rings is 1. The van der Waals surface area contributed by atoms with Gasteiger partial charge in [0.05, 0.1) is 17.8 Å². The number of pyridine rings is 1. The molecular formula is C19H23FN4O2. The second-order valence-electron chi connectivity index (χ2n) is 6.80. The van der Waals surface area contributed by atoms with Crippen LogP contribution in [0.2, 0.25) is 0 Å². The lowest BCUT2D eigenvalue weighted by Gasteiger charge is -2.47. The van der Waals surface area contributed by atoms with Gasteiger partial charge < -0.3 is 10.1 Å². The molecule has 0 saturated carbocycles. The first-order valence-electron chi connectivity index (χ1n) is 9.11. The van der Waals surface area contributed by atoms with E-state index in [-0.39, 0.29) is 12.4 Å². The smallest absolute Gasteiger partial charge is 0.341 e. The lowest BCUT2D eigenvalue weighted by Crippen LogP contribution is -2.62. The van der Waals surface area contributed by atoms with Crippen molar-refractivity contribution in [2.24, 2.45) is 0 Å². The monoisotopic (exact) mass is 358 g/mol. The molecule has 0 aliphatic carbocycles. The summed E-state index contributed by atoms with van der Waals surface area (Å²) in [4.78, 5) is 21.6. The lowest BCUT2D eigenvalue weighted by atomic mass is 10.1. The fraction of sp³-hybridized carbons (Fsp3) is 0.474. The van der Waals surface area contributed by atoms with E-state index < -0.39 is 5.97 Å². The standard InChI is InChI=1S/C19H23FN4O2/c1-2-26-19(25)16-11-21-17-4-3-13(20)9-15(17)18(16)22-10-14-12-23-5-7-24(14)8-6-23/h3-4,9,11,14H,2,5-8,10,12H2,1H3,(H,21,22). The van der Waals surface area contributed by atoms with Crippen LogP contribution in [0.1, 0.15) is 17.3 Å². The van der Waals surface area contributed by atoms with Gasteiger partial charge in [0.25, 0.3) is 0 Å². The van der Waals surface area contributed by atoms with Crippen molar-refractivity contribution in [2.75, 3.05) is 51.2 Å². The van der Waals surface area contributed by atoms with E-state index in [4.69, 9.17) is 4.74 Å². The summed E-state index contributed by atoms with van der Waals surface area (Å²) < 4.78 is 19.0. The van der Waals surface area contributed by atoms with Crippen molar-refractivity contribution in [2.45, 2.75) is 13.0 Å². The summed E-state index contributed by atoms with van der Waals surface area (Å²) in [6, 6.07) is 4.80. The molecule has 1 N–H and O–H groups in total.